The summed E-state index contributed by atoms with van der Waals surface area (Å²) < 4.78 is 26.7. The van der Waals surface area contributed by atoms with E-state index in [9.17, 15) is 18.0 Å². The van der Waals surface area contributed by atoms with E-state index in [1.54, 1.807) is 24.3 Å². The molecule has 3 rings (SSSR count). The van der Waals surface area contributed by atoms with Crippen LogP contribution in [0.5, 0.6) is 0 Å². The Morgan fingerprint density at radius 3 is 2.15 bits per heavy atom. The van der Waals surface area contributed by atoms with Crippen LogP contribution < -0.4 is 9.62 Å². The van der Waals surface area contributed by atoms with Crippen LogP contribution in [0, 0.1) is 0 Å². The highest BCUT2D eigenvalue weighted by molar-refractivity contribution is 7.92. The Morgan fingerprint density at radius 2 is 1.55 bits per heavy atom. The number of anilines is 1. The normalized spacial score (nSPS) is 12.0. The van der Waals surface area contributed by atoms with Crippen LogP contribution in [0.15, 0.2) is 72.8 Å². The fraction of sp³-hybridized carbons (Fsp3) is 0.310. The number of rotatable bonds is 13. The molecule has 0 bridgehead atoms. The molecule has 7 nitrogen and oxygen atoms in total. The van der Waals surface area contributed by atoms with Crippen molar-refractivity contribution in [1.82, 2.24) is 10.2 Å². The van der Waals surface area contributed by atoms with Crippen LogP contribution in [0.3, 0.4) is 0 Å². The van der Waals surface area contributed by atoms with Gasteiger partial charge in [0.2, 0.25) is 21.8 Å². The monoisotopic (exact) mass is 623 g/mol. The summed E-state index contributed by atoms with van der Waals surface area (Å²) in [5.41, 5.74) is 1.60. The molecule has 0 fully saturated rings. The van der Waals surface area contributed by atoms with Gasteiger partial charge in [-0.25, -0.2) is 8.42 Å². The predicted octanol–water partition coefficient (Wildman–Crippen LogP) is 5.97. The van der Waals surface area contributed by atoms with E-state index in [1.165, 1.54) is 23.1 Å². The predicted molar refractivity (Wildman–Crippen MR) is 163 cm³/mol. The lowest BCUT2D eigenvalue weighted by atomic mass is 10.0. The van der Waals surface area contributed by atoms with Crippen LogP contribution in [0.4, 0.5) is 5.69 Å². The van der Waals surface area contributed by atoms with Crippen molar-refractivity contribution in [2.75, 3.05) is 23.7 Å². The maximum atomic E-state index is 14.1. The van der Waals surface area contributed by atoms with Gasteiger partial charge in [0.05, 0.1) is 11.9 Å². The number of hydrogen-bond acceptors (Lipinski definition) is 4. The highest BCUT2D eigenvalue weighted by Crippen LogP contribution is 2.28. The molecule has 0 heterocycles. The second kappa shape index (κ2) is 14.7. The van der Waals surface area contributed by atoms with Gasteiger partial charge in [0.15, 0.2) is 0 Å². The Hall–Kier alpha value is -2.78. The van der Waals surface area contributed by atoms with E-state index < -0.39 is 28.5 Å². The first kappa shape index (κ1) is 31.7. The molecule has 3 aromatic carbocycles. The van der Waals surface area contributed by atoms with Gasteiger partial charge >= 0.3 is 0 Å². The number of amides is 2. The Balaban J connectivity index is 2.06. The number of sulfonamides is 1. The maximum absolute atomic E-state index is 14.1. The molecule has 0 aliphatic rings. The van der Waals surface area contributed by atoms with Crippen molar-refractivity contribution in [1.29, 1.82) is 0 Å². The van der Waals surface area contributed by atoms with Crippen molar-refractivity contribution in [3.05, 3.63) is 99.0 Å². The minimum Gasteiger partial charge on any atom is -0.354 e. The third kappa shape index (κ3) is 9.13. The average Bonchev–Trinajstić information content (AvgIpc) is 2.89. The standard InChI is InChI=1S/C29H32Cl3N3O4S/c1-3-4-14-33-29(37)27(15-21-10-6-5-7-11-21)34(19-22-12-8-9-13-26(22)32)28(36)20-35(40(2,38)39)25-17-23(30)16-24(31)18-25/h5-13,16-18,27H,3-4,14-15,19-20H2,1-2H3,(H,33,37)/t27-/m1/s1. The minimum absolute atomic E-state index is 0.00882. The van der Waals surface area contributed by atoms with E-state index in [0.717, 1.165) is 29.0 Å². The number of nitrogens with zero attached hydrogens (tertiary/aromatic N) is 2. The first-order chi connectivity index (χ1) is 19.0. The first-order valence-electron chi connectivity index (χ1n) is 12.8. The fourth-order valence-electron chi connectivity index (χ4n) is 4.17. The van der Waals surface area contributed by atoms with Crippen molar-refractivity contribution in [2.24, 2.45) is 0 Å². The highest BCUT2D eigenvalue weighted by Gasteiger charge is 2.33. The molecule has 0 saturated carbocycles. The lowest BCUT2D eigenvalue weighted by molar-refractivity contribution is -0.140. The lowest BCUT2D eigenvalue weighted by Gasteiger charge is -2.33. The van der Waals surface area contributed by atoms with Gasteiger partial charge in [0.1, 0.15) is 12.6 Å². The Morgan fingerprint density at radius 1 is 0.925 bits per heavy atom. The molecule has 214 valence electrons. The van der Waals surface area contributed by atoms with Gasteiger partial charge in [-0.05, 0) is 41.8 Å². The molecule has 0 spiro atoms. The Kier molecular flexibility index (Phi) is 11.7. The quantitative estimate of drug-likeness (QED) is 0.238. The van der Waals surface area contributed by atoms with E-state index in [4.69, 9.17) is 34.8 Å². The number of unbranched alkanes of at least 4 members (excludes halogenated alkanes) is 1. The summed E-state index contributed by atoms with van der Waals surface area (Å²) >= 11 is 18.7. The summed E-state index contributed by atoms with van der Waals surface area (Å²) in [5.74, 6) is -0.928. The molecule has 0 aliphatic heterocycles. The van der Waals surface area contributed by atoms with Gasteiger partial charge in [-0.1, -0.05) is 96.7 Å². The van der Waals surface area contributed by atoms with Gasteiger partial charge in [-0.2, -0.15) is 0 Å². The number of carbonyl (C=O) groups excluding carboxylic acids is 2. The summed E-state index contributed by atoms with van der Waals surface area (Å²) in [5, 5.41) is 3.79. The number of halogens is 3. The van der Waals surface area contributed by atoms with Crippen LogP contribution >= 0.6 is 34.8 Å². The molecule has 1 N–H and O–H groups in total. The van der Waals surface area contributed by atoms with E-state index in [0.29, 0.717) is 17.1 Å². The molecule has 0 unspecified atom stereocenters. The third-order valence-electron chi connectivity index (χ3n) is 6.21. The maximum Gasteiger partial charge on any atom is 0.244 e. The fourth-order valence-corrected chi connectivity index (χ4v) is 5.71. The summed E-state index contributed by atoms with van der Waals surface area (Å²) in [6.07, 6.45) is 2.88. The first-order valence-corrected chi connectivity index (χ1v) is 15.8. The highest BCUT2D eigenvalue weighted by atomic mass is 35.5. The van der Waals surface area contributed by atoms with Crippen LogP contribution in [0.2, 0.25) is 15.1 Å². The average molecular weight is 625 g/mol. The van der Waals surface area contributed by atoms with Crippen molar-refractivity contribution in [2.45, 2.75) is 38.8 Å². The van der Waals surface area contributed by atoms with Gasteiger partial charge < -0.3 is 10.2 Å². The van der Waals surface area contributed by atoms with Crippen LogP contribution in [-0.2, 0) is 32.6 Å². The zero-order chi connectivity index (χ0) is 29.3. The van der Waals surface area contributed by atoms with Crippen molar-refractivity contribution in [3.8, 4) is 0 Å². The zero-order valence-corrected chi connectivity index (χ0v) is 25.4. The largest absolute Gasteiger partial charge is 0.354 e. The second-order valence-corrected chi connectivity index (χ2v) is 12.5. The van der Waals surface area contributed by atoms with Crippen LogP contribution in [-0.4, -0.2) is 50.5 Å². The summed E-state index contributed by atoms with van der Waals surface area (Å²) in [4.78, 5) is 29.0. The van der Waals surface area contributed by atoms with Crippen molar-refractivity contribution in [3.63, 3.8) is 0 Å². The van der Waals surface area contributed by atoms with Crippen molar-refractivity contribution >= 4 is 62.3 Å². The van der Waals surface area contributed by atoms with Gasteiger partial charge in [-0.15, -0.1) is 0 Å². The van der Waals surface area contributed by atoms with Gasteiger partial charge in [-0.3, -0.25) is 13.9 Å². The SMILES string of the molecule is CCCCNC(=O)[C@@H](Cc1ccccc1)N(Cc1ccccc1Cl)C(=O)CN(c1cc(Cl)cc(Cl)c1)S(C)(=O)=O. The smallest absolute Gasteiger partial charge is 0.244 e. The van der Waals surface area contributed by atoms with E-state index in [2.05, 4.69) is 5.32 Å². The summed E-state index contributed by atoms with van der Waals surface area (Å²) in [7, 11) is -3.94. The molecule has 0 saturated heterocycles. The number of hydrogen-bond donors (Lipinski definition) is 1. The molecule has 11 heteroatoms. The summed E-state index contributed by atoms with van der Waals surface area (Å²) in [6, 6.07) is 19.7. The zero-order valence-electron chi connectivity index (χ0n) is 22.3. The molecule has 0 aromatic heterocycles. The topological polar surface area (TPSA) is 86.8 Å². The third-order valence-corrected chi connectivity index (χ3v) is 8.16. The van der Waals surface area contributed by atoms with E-state index in [1.807, 2.05) is 37.3 Å². The molecule has 0 radical (unpaired) electrons. The van der Waals surface area contributed by atoms with Crippen LogP contribution in [0.25, 0.3) is 0 Å². The van der Waals surface area contributed by atoms with Gasteiger partial charge in [0.25, 0.3) is 0 Å². The van der Waals surface area contributed by atoms with Gasteiger partial charge in [0, 0.05) is 34.6 Å². The second-order valence-electron chi connectivity index (χ2n) is 9.36. The molecule has 40 heavy (non-hydrogen) atoms. The van der Waals surface area contributed by atoms with Crippen molar-refractivity contribution < 1.29 is 18.0 Å². The molecule has 2 amide bonds. The molecule has 3 aromatic rings. The number of carbonyl (C=O) groups is 2. The molecule has 1 atom stereocenters. The molecular formula is C29H32Cl3N3O4S. The van der Waals surface area contributed by atoms with E-state index in [-0.39, 0.29) is 34.6 Å². The number of nitrogens with one attached hydrogen (secondary N) is 1. The Bertz CT molecular complexity index is 1400. The number of benzene rings is 3. The minimum atomic E-state index is -3.94. The summed E-state index contributed by atoms with van der Waals surface area (Å²) in [6.45, 7) is 1.88. The van der Waals surface area contributed by atoms with Crippen LogP contribution in [0.1, 0.15) is 30.9 Å². The lowest BCUT2D eigenvalue weighted by Crippen LogP contribution is -2.53. The molecule has 0 aliphatic carbocycles. The van der Waals surface area contributed by atoms with E-state index >= 15 is 0 Å². The Labute approximate surface area is 251 Å². The molecular weight excluding hydrogens is 593 g/mol.